The van der Waals surface area contributed by atoms with E-state index in [-0.39, 0.29) is 10.7 Å². The predicted molar refractivity (Wildman–Crippen MR) is 66.5 cm³/mol. The molecule has 0 aromatic carbocycles. The van der Waals surface area contributed by atoms with Gasteiger partial charge in [-0.1, -0.05) is 22.0 Å². The van der Waals surface area contributed by atoms with Crippen LogP contribution in [0.25, 0.3) is 0 Å². The fraction of sp³-hybridized carbons (Fsp3) is 0.545. The quantitative estimate of drug-likeness (QED) is 0.783. The molecule has 2 nitrogen and oxygen atoms in total. The van der Waals surface area contributed by atoms with Gasteiger partial charge in [-0.25, -0.2) is 0 Å². The van der Waals surface area contributed by atoms with E-state index in [1.54, 1.807) is 11.3 Å². The number of amides is 1. The van der Waals surface area contributed by atoms with Crippen LogP contribution in [0.15, 0.2) is 17.5 Å². The van der Waals surface area contributed by atoms with Gasteiger partial charge in [-0.05, 0) is 24.8 Å². The van der Waals surface area contributed by atoms with Crippen LogP contribution in [0.5, 0.6) is 0 Å². The topological polar surface area (TPSA) is 20.3 Å². The molecule has 15 heavy (non-hydrogen) atoms. The van der Waals surface area contributed by atoms with Crippen LogP contribution in [0.4, 0.5) is 0 Å². The number of carbonyl (C=O) groups is 1. The van der Waals surface area contributed by atoms with E-state index in [1.165, 1.54) is 4.88 Å². The lowest BCUT2D eigenvalue weighted by Gasteiger charge is -2.23. The van der Waals surface area contributed by atoms with Gasteiger partial charge in [-0.15, -0.1) is 11.3 Å². The molecule has 0 saturated carbocycles. The molecule has 1 aromatic rings. The van der Waals surface area contributed by atoms with Gasteiger partial charge in [0.15, 0.2) is 0 Å². The second-order valence-electron chi connectivity index (χ2n) is 3.92. The Balaban J connectivity index is 1.97. The Morgan fingerprint density at radius 1 is 1.73 bits per heavy atom. The summed E-state index contributed by atoms with van der Waals surface area (Å²) in [4.78, 5) is 15.1. The molecule has 82 valence electrons. The molecule has 2 rings (SSSR count). The van der Waals surface area contributed by atoms with E-state index in [2.05, 4.69) is 40.4 Å². The zero-order chi connectivity index (χ0) is 10.8. The van der Waals surface area contributed by atoms with Gasteiger partial charge in [-0.3, -0.25) is 4.79 Å². The Morgan fingerprint density at radius 3 is 3.07 bits per heavy atom. The number of rotatable bonds is 3. The minimum absolute atomic E-state index is 0.0447. The summed E-state index contributed by atoms with van der Waals surface area (Å²) in [7, 11) is 0. The SMILES string of the molecule is CC(Cc1cccs1)N1CCC(Br)C1=O. The van der Waals surface area contributed by atoms with Gasteiger partial charge in [0.05, 0.1) is 4.83 Å². The van der Waals surface area contributed by atoms with Crippen LogP contribution in [0.1, 0.15) is 18.2 Å². The first-order valence-electron chi connectivity index (χ1n) is 5.15. The zero-order valence-corrected chi connectivity index (χ0v) is 11.1. The monoisotopic (exact) mass is 287 g/mol. The van der Waals surface area contributed by atoms with Crippen molar-refractivity contribution >= 4 is 33.2 Å². The van der Waals surface area contributed by atoms with Crippen molar-refractivity contribution in [3.63, 3.8) is 0 Å². The molecule has 1 aliphatic heterocycles. The Bertz CT molecular complexity index is 338. The average Bonchev–Trinajstić information content (AvgIpc) is 2.79. The first-order valence-corrected chi connectivity index (χ1v) is 6.95. The summed E-state index contributed by atoms with van der Waals surface area (Å²) in [6.07, 6.45) is 1.91. The summed E-state index contributed by atoms with van der Waals surface area (Å²) in [5.41, 5.74) is 0. The fourth-order valence-corrected chi connectivity index (χ4v) is 3.23. The minimum Gasteiger partial charge on any atom is -0.339 e. The number of hydrogen-bond acceptors (Lipinski definition) is 2. The lowest BCUT2D eigenvalue weighted by atomic mass is 10.2. The third-order valence-electron chi connectivity index (χ3n) is 2.78. The Hall–Kier alpha value is -0.350. The number of nitrogens with zero attached hydrogens (tertiary/aromatic N) is 1. The number of hydrogen-bond donors (Lipinski definition) is 0. The van der Waals surface area contributed by atoms with Gasteiger partial charge in [0.2, 0.25) is 5.91 Å². The van der Waals surface area contributed by atoms with Crippen molar-refractivity contribution in [2.24, 2.45) is 0 Å². The molecular weight excluding hydrogens is 274 g/mol. The number of thiophene rings is 1. The van der Waals surface area contributed by atoms with E-state index in [0.29, 0.717) is 6.04 Å². The largest absolute Gasteiger partial charge is 0.339 e. The zero-order valence-electron chi connectivity index (χ0n) is 8.65. The Labute approximate surface area is 102 Å². The lowest BCUT2D eigenvalue weighted by Crippen LogP contribution is -2.37. The van der Waals surface area contributed by atoms with Crippen LogP contribution >= 0.6 is 27.3 Å². The summed E-state index contributed by atoms with van der Waals surface area (Å²) in [5.74, 6) is 0.249. The highest BCUT2D eigenvalue weighted by molar-refractivity contribution is 9.10. The summed E-state index contributed by atoms with van der Waals surface area (Å²) < 4.78 is 0. The number of carbonyl (C=O) groups excluding carboxylic acids is 1. The molecule has 1 saturated heterocycles. The number of alkyl halides is 1. The number of halogens is 1. The van der Waals surface area contributed by atoms with Crippen LogP contribution in [0.3, 0.4) is 0 Å². The molecule has 0 bridgehead atoms. The van der Waals surface area contributed by atoms with Crippen LogP contribution in [0.2, 0.25) is 0 Å². The maximum Gasteiger partial charge on any atom is 0.236 e. The van der Waals surface area contributed by atoms with E-state index < -0.39 is 0 Å². The Morgan fingerprint density at radius 2 is 2.53 bits per heavy atom. The Kier molecular flexibility index (Phi) is 3.46. The van der Waals surface area contributed by atoms with Gasteiger partial charge < -0.3 is 4.90 Å². The summed E-state index contributed by atoms with van der Waals surface area (Å²) in [5, 5.41) is 2.08. The van der Waals surface area contributed by atoms with E-state index in [4.69, 9.17) is 0 Å². The third kappa shape index (κ3) is 2.42. The maximum absolute atomic E-state index is 11.8. The van der Waals surface area contributed by atoms with Crippen molar-refractivity contribution in [3.05, 3.63) is 22.4 Å². The van der Waals surface area contributed by atoms with Crippen molar-refractivity contribution in [1.29, 1.82) is 0 Å². The highest BCUT2D eigenvalue weighted by atomic mass is 79.9. The van der Waals surface area contributed by atoms with Crippen LogP contribution in [-0.4, -0.2) is 28.2 Å². The number of likely N-dealkylation sites (tertiary alicyclic amines) is 1. The van der Waals surface area contributed by atoms with E-state index in [9.17, 15) is 4.79 Å². The van der Waals surface area contributed by atoms with Crippen LogP contribution in [0, 0.1) is 0 Å². The van der Waals surface area contributed by atoms with Crippen molar-refractivity contribution < 1.29 is 4.79 Å². The summed E-state index contributed by atoms with van der Waals surface area (Å²) in [6, 6.07) is 4.51. The van der Waals surface area contributed by atoms with Crippen LogP contribution in [-0.2, 0) is 11.2 Å². The standard InChI is InChI=1S/C11H14BrNOS/c1-8(7-9-3-2-6-15-9)13-5-4-10(12)11(13)14/h2-3,6,8,10H,4-5,7H2,1H3. The van der Waals surface area contributed by atoms with Gasteiger partial charge in [-0.2, -0.15) is 0 Å². The van der Waals surface area contributed by atoms with Gasteiger partial charge in [0, 0.05) is 23.9 Å². The predicted octanol–water partition coefficient (Wildman–Crippen LogP) is 2.67. The minimum atomic E-state index is 0.0447. The first kappa shape index (κ1) is 11.1. The van der Waals surface area contributed by atoms with E-state index in [1.807, 2.05) is 4.90 Å². The van der Waals surface area contributed by atoms with Crippen molar-refractivity contribution in [2.75, 3.05) is 6.54 Å². The molecule has 0 spiro atoms. The third-order valence-corrected chi connectivity index (χ3v) is 4.53. The molecule has 2 atom stereocenters. The molecule has 1 aliphatic rings. The fourth-order valence-electron chi connectivity index (χ4n) is 1.93. The highest BCUT2D eigenvalue weighted by Gasteiger charge is 2.32. The second-order valence-corrected chi connectivity index (χ2v) is 6.06. The average molecular weight is 288 g/mol. The first-order chi connectivity index (χ1) is 7.18. The van der Waals surface area contributed by atoms with Crippen molar-refractivity contribution in [3.8, 4) is 0 Å². The van der Waals surface area contributed by atoms with Crippen molar-refractivity contribution in [2.45, 2.75) is 30.6 Å². The molecule has 0 aliphatic carbocycles. The molecule has 4 heteroatoms. The smallest absolute Gasteiger partial charge is 0.236 e. The maximum atomic E-state index is 11.8. The van der Waals surface area contributed by atoms with Crippen LogP contribution < -0.4 is 0 Å². The lowest BCUT2D eigenvalue weighted by molar-refractivity contribution is -0.128. The molecule has 1 aromatic heterocycles. The van der Waals surface area contributed by atoms with E-state index >= 15 is 0 Å². The van der Waals surface area contributed by atoms with Crippen molar-refractivity contribution in [1.82, 2.24) is 4.90 Å². The molecule has 0 N–H and O–H groups in total. The summed E-state index contributed by atoms with van der Waals surface area (Å²) >= 11 is 5.16. The van der Waals surface area contributed by atoms with Gasteiger partial charge in [0.25, 0.3) is 0 Å². The molecule has 1 fully saturated rings. The van der Waals surface area contributed by atoms with Gasteiger partial charge >= 0.3 is 0 Å². The second kappa shape index (κ2) is 4.66. The molecule has 0 radical (unpaired) electrons. The molecule has 2 unspecified atom stereocenters. The van der Waals surface area contributed by atoms with Gasteiger partial charge in [0.1, 0.15) is 0 Å². The van der Waals surface area contributed by atoms with E-state index in [0.717, 1.165) is 19.4 Å². The molecular formula is C11H14BrNOS. The normalized spacial score (nSPS) is 23.5. The molecule has 1 amide bonds. The summed E-state index contributed by atoms with van der Waals surface area (Å²) in [6.45, 7) is 3.02. The highest BCUT2D eigenvalue weighted by Crippen LogP contribution is 2.23. The molecule has 2 heterocycles.